The minimum Gasteiger partial charge on any atom is -0.481 e. The molecule has 1 aromatic heterocycles. The first kappa shape index (κ1) is 25.4. The number of carboxylic acids is 1. The Morgan fingerprint density at radius 1 is 1.08 bits per heavy atom. The summed E-state index contributed by atoms with van der Waals surface area (Å²) in [6.45, 7) is 5.67. The fourth-order valence-corrected chi connectivity index (χ4v) is 4.38. The van der Waals surface area contributed by atoms with Gasteiger partial charge in [0, 0.05) is 28.9 Å². The van der Waals surface area contributed by atoms with Crippen molar-refractivity contribution in [3.63, 3.8) is 0 Å². The number of halogens is 3. The number of hydrogen-bond donors (Lipinski definition) is 1. The Bertz CT molecular complexity index is 1360. The Morgan fingerprint density at radius 3 is 2.33 bits per heavy atom. The van der Waals surface area contributed by atoms with Gasteiger partial charge in [-0.1, -0.05) is 53.6 Å². The number of aromatic nitrogens is 1. The van der Waals surface area contributed by atoms with Crippen molar-refractivity contribution in [2.45, 2.75) is 45.6 Å². The second-order valence-corrected chi connectivity index (χ2v) is 9.30. The second-order valence-electron chi connectivity index (χ2n) is 8.87. The van der Waals surface area contributed by atoms with Gasteiger partial charge in [0.2, 0.25) is 0 Å². The van der Waals surface area contributed by atoms with Crippen LogP contribution in [0.25, 0.3) is 11.1 Å². The largest absolute Gasteiger partial charge is 0.481 e. The maximum atomic E-state index is 14.6. The summed E-state index contributed by atoms with van der Waals surface area (Å²) < 4.78 is 29.3. The van der Waals surface area contributed by atoms with Gasteiger partial charge in [0.25, 0.3) is 0 Å². The molecule has 186 valence electrons. The van der Waals surface area contributed by atoms with E-state index in [-0.39, 0.29) is 6.42 Å². The van der Waals surface area contributed by atoms with Crippen LogP contribution in [0, 0.1) is 20.8 Å². The molecule has 0 saturated heterocycles. The Hall–Kier alpha value is -3.65. The van der Waals surface area contributed by atoms with E-state index in [4.69, 9.17) is 16.7 Å². The van der Waals surface area contributed by atoms with E-state index >= 15 is 0 Å². The third-order valence-corrected chi connectivity index (χ3v) is 6.54. The topological polar surface area (TPSA) is 82.9 Å². The van der Waals surface area contributed by atoms with Gasteiger partial charge in [0.05, 0.1) is 11.8 Å². The number of nitrogens with zero attached hydrogens (tertiary/aromatic N) is 3. The van der Waals surface area contributed by atoms with Crippen LogP contribution >= 0.6 is 11.6 Å². The van der Waals surface area contributed by atoms with E-state index in [1.54, 1.807) is 30.5 Å². The summed E-state index contributed by atoms with van der Waals surface area (Å²) in [5.74, 6) is -7.55. The number of alkyl halides is 2. The van der Waals surface area contributed by atoms with Crippen LogP contribution in [-0.2, 0) is 9.59 Å². The fraction of sp³-hybridized carbons (Fsp3) is 0.259. The van der Waals surface area contributed by atoms with Crippen molar-refractivity contribution < 1.29 is 23.5 Å². The third kappa shape index (κ3) is 4.99. The van der Waals surface area contributed by atoms with Crippen LogP contribution in [0.1, 0.15) is 46.8 Å². The number of pyridine rings is 1. The summed E-state index contributed by atoms with van der Waals surface area (Å²) >= 11 is 6.07. The fourth-order valence-electron chi connectivity index (χ4n) is 4.25. The van der Waals surface area contributed by atoms with E-state index in [9.17, 15) is 18.4 Å². The van der Waals surface area contributed by atoms with Crippen LogP contribution in [0.4, 0.5) is 8.78 Å². The monoisotopic (exact) mass is 511 g/mol. The molecule has 1 aliphatic rings. The van der Waals surface area contributed by atoms with Gasteiger partial charge in [-0.25, -0.2) is 5.01 Å². The zero-order valence-electron chi connectivity index (χ0n) is 19.9. The van der Waals surface area contributed by atoms with E-state index in [2.05, 4.69) is 10.1 Å². The molecule has 0 radical (unpaired) electrons. The lowest BCUT2D eigenvalue weighted by molar-refractivity contribution is -0.167. The van der Waals surface area contributed by atoms with Gasteiger partial charge >= 0.3 is 17.8 Å². The van der Waals surface area contributed by atoms with Crippen molar-refractivity contribution in [2.24, 2.45) is 5.10 Å². The number of amides is 1. The van der Waals surface area contributed by atoms with Gasteiger partial charge in [-0.05, 0) is 55.2 Å². The molecule has 4 rings (SSSR count). The number of hydrogen-bond acceptors (Lipinski definition) is 4. The summed E-state index contributed by atoms with van der Waals surface area (Å²) in [7, 11) is 0. The van der Waals surface area contributed by atoms with Crippen LogP contribution in [0.5, 0.6) is 0 Å². The summed E-state index contributed by atoms with van der Waals surface area (Å²) in [5.41, 5.74) is 5.91. The van der Waals surface area contributed by atoms with Crippen molar-refractivity contribution >= 4 is 29.2 Å². The number of rotatable bonds is 6. The van der Waals surface area contributed by atoms with E-state index in [0.717, 1.165) is 33.0 Å². The van der Waals surface area contributed by atoms with E-state index in [1.807, 2.05) is 45.0 Å². The first-order chi connectivity index (χ1) is 17.0. The predicted octanol–water partition coefficient (Wildman–Crippen LogP) is 6.11. The first-order valence-corrected chi connectivity index (χ1v) is 11.7. The molecule has 0 aliphatic carbocycles. The molecule has 1 aliphatic heterocycles. The maximum Gasteiger partial charge on any atom is 0.337 e. The van der Waals surface area contributed by atoms with Gasteiger partial charge in [0.1, 0.15) is 6.42 Å². The van der Waals surface area contributed by atoms with Gasteiger partial charge in [-0.3, -0.25) is 14.6 Å². The molecular formula is C27H24ClF2N3O3. The average Bonchev–Trinajstić information content (AvgIpc) is 3.25. The van der Waals surface area contributed by atoms with E-state index in [0.29, 0.717) is 21.9 Å². The quantitative estimate of drug-likeness (QED) is 0.432. The predicted molar refractivity (Wildman–Crippen MR) is 133 cm³/mol. The van der Waals surface area contributed by atoms with E-state index < -0.39 is 30.3 Å². The number of hydrazone groups is 1. The SMILES string of the molecule is Cc1ccc(C2CC(c3cnc(C)c(C)c3-c3ccc(Cl)cc3)=NN2C(=O)C(F)(F)CC(=O)O)cc1. The minimum absolute atomic E-state index is 0.155. The standard InChI is InChI=1S/C27H24ClF2N3O3/c1-15-4-6-18(7-5-15)23-12-22(32-33(23)26(36)27(29,30)13-24(34)35)21-14-31-17(3)16(2)25(21)19-8-10-20(28)11-9-19/h4-11,14,23H,12-13H2,1-3H3,(H,34,35). The Kier molecular flexibility index (Phi) is 6.91. The summed E-state index contributed by atoms with van der Waals surface area (Å²) in [4.78, 5) is 28.4. The van der Waals surface area contributed by atoms with Gasteiger partial charge in [-0.15, -0.1) is 0 Å². The molecular weight excluding hydrogens is 488 g/mol. The molecule has 3 aromatic rings. The smallest absolute Gasteiger partial charge is 0.337 e. The lowest BCUT2D eigenvalue weighted by Gasteiger charge is -2.25. The van der Waals surface area contributed by atoms with Gasteiger partial charge in [0.15, 0.2) is 0 Å². The third-order valence-electron chi connectivity index (χ3n) is 6.28. The van der Waals surface area contributed by atoms with Crippen molar-refractivity contribution in [2.75, 3.05) is 0 Å². The number of benzene rings is 2. The number of carbonyl (C=O) groups is 2. The number of carbonyl (C=O) groups excluding carboxylic acids is 1. The number of aliphatic carboxylic acids is 1. The Morgan fingerprint density at radius 2 is 1.72 bits per heavy atom. The number of carboxylic acid groups (broad SMARTS) is 1. The number of aryl methyl sites for hydroxylation is 2. The molecule has 6 nitrogen and oxygen atoms in total. The summed E-state index contributed by atoms with van der Waals surface area (Å²) in [5, 5.41) is 14.6. The highest BCUT2D eigenvalue weighted by molar-refractivity contribution is 6.30. The zero-order valence-corrected chi connectivity index (χ0v) is 20.7. The molecule has 0 saturated carbocycles. The molecule has 2 heterocycles. The average molecular weight is 512 g/mol. The highest BCUT2D eigenvalue weighted by Gasteiger charge is 2.48. The van der Waals surface area contributed by atoms with E-state index in [1.165, 1.54) is 0 Å². The minimum atomic E-state index is -4.12. The molecule has 2 aromatic carbocycles. The lowest BCUT2D eigenvalue weighted by atomic mass is 9.90. The summed E-state index contributed by atoms with van der Waals surface area (Å²) in [6, 6.07) is 13.5. The van der Waals surface area contributed by atoms with Crippen LogP contribution < -0.4 is 0 Å². The van der Waals surface area contributed by atoms with Crippen molar-refractivity contribution in [3.8, 4) is 11.1 Å². The molecule has 0 bridgehead atoms. The molecule has 1 unspecified atom stereocenters. The molecule has 1 N–H and O–H groups in total. The highest BCUT2D eigenvalue weighted by Crippen LogP contribution is 2.39. The van der Waals surface area contributed by atoms with Crippen LogP contribution in [0.3, 0.4) is 0 Å². The van der Waals surface area contributed by atoms with Crippen LogP contribution in [-0.4, -0.2) is 38.6 Å². The van der Waals surface area contributed by atoms with Crippen molar-refractivity contribution in [1.29, 1.82) is 0 Å². The van der Waals surface area contributed by atoms with Crippen molar-refractivity contribution in [1.82, 2.24) is 9.99 Å². The highest BCUT2D eigenvalue weighted by atomic mass is 35.5. The maximum absolute atomic E-state index is 14.6. The zero-order chi connectivity index (χ0) is 26.2. The molecule has 1 atom stereocenters. The molecule has 36 heavy (non-hydrogen) atoms. The van der Waals surface area contributed by atoms with Gasteiger partial charge in [-0.2, -0.15) is 13.9 Å². The van der Waals surface area contributed by atoms with Crippen molar-refractivity contribution in [3.05, 3.63) is 87.7 Å². The molecule has 0 fully saturated rings. The molecule has 0 spiro atoms. The van der Waals surface area contributed by atoms with Crippen LogP contribution in [0.15, 0.2) is 59.8 Å². The van der Waals surface area contributed by atoms with Gasteiger partial charge < -0.3 is 5.11 Å². The summed E-state index contributed by atoms with van der Waals surface area (Å²) in [6.07, 6.45) is 0.165. The lowest BCUT2D eigenvalue weighted by Crippen LogP contribution is -2.42. The Labute approximate surface area is 212 Å². The normalized spacial score (nSPS) is 15.7. The molecule has 9 heteroatoms. The second kappa shape index (κ2) is 9.78. The first-order valence-electron chi connectivity index (χ1n) is 11.3. The molecule has 1 amide bonds. The van der Waals surface area contributed by atoms with Crippen LogP contribution in [0.2, 0.25) is 5.02 Å². The Balaban J connectivity index is 1.84.